The molecule has 0 saturated carbocycles. The molecule has 0 bridgehead atoms. The van der Waals surface area contributed by atoms with Gasteiger partial charge in [-0.15, -0.1) is 11.3 Å². The minimum atomic E-state index is -0.201. The van der Waals surface area contributed by atoms with Crippen molar-refractivity contribution in [3.63, 3.8) is 0 Å². The first-order valence-electron chi connectivity index (χ1n) is 4.89. The molecular weight excluding hydrogens is 212 g/mol. The summed E-state index contributed by atoms with van der Waals surface area (Å²) in [5.74, 6) is 0. The molecule has 0 atom stereocenters. The van der Waals surface area contributed by atoms with Gasteiger partial charge in [0.2, 0.25) is 0 Å². The Morgan fingerprint density at radius 3 is 2.87 bits per heavy atom. The Kier molecular flexibility index (Phi) is 2.73. The zero-order valence-corrected chi connectivity index (χ0v) is 9.50. The molecule has 0 unspecified atom stereocenters. The second-order valence-electron chi connectivity index (χ2n) is 3.09. The third kappa shape index (κ3) is 1.74. The van der Waals surface area contributed by atoms with E-state index in [9.17, 15) is 4.79 Å². The standard InChI is InChI=1S/C10H12N2O2S/c1-3-12(4-2)10-11-9(13)8-7(14-10)5-6-15-8/h5-6H,3-4H2,1-2H3. The van der Waals surface area contributed by atoms with Crippen molar-refractivity contribution in [2.75, 3.05) is 18.0 Å². The van der Waals surface area contributed by atoms with Crippen LogP contribution in [0.15, 0.2) is 20.7 Å². The maximum Gasteiger partial charge on any atom is 0.301 e. The summed E-state index contributed by atoms with van der Waals surface area (Å²) in [4.78, 5) is 17.5. The van der Waals surface area contributed by atoms with Gasteiger partial charge in [-0.2, -0.15) is 4.98 Å². The highest BCUT2D eigenvalue weighted by atomic mass is 32.1. The molecule has 0 aliphatic rings. The smallest absolute Gasteiger partial charge is 0.301 e. The van der Waals surface area contributed by atoms with Crippen molar-refractivity contribution in [3.05, 3.63) is 21.8 Å². The van der Waals surface area contributed by atoms with Gasteiger partial charge in [-0.3, -0.25) is 4.79 Å². The molecule has 0 amide bonds. The molecule has 2 rings (SSSR count). The largest absolute Gasteiger partial charge is 0.424 e. The Hall–Kier alpha value is -1.36. The molecule has 0 aliphatic heterocycles. The molecule has 15 heavy (non-hydrogen) atoms. The normalized spacial score (nSPS) is 10.8. The summed E-state index contributed by atoms with van der Waals surface area (Å²) < 4.78 is 6.14. The van der Waals surface area contributed by atoms with Gasteiger partial charge in [0.25, 0.3) is 5.56 Å². The first kappa shape index (κ1) is 10.2. The third-order valence-corrected chi connectivity index (χ3v) is 3.14. The molecule has 0 aromatic carbocycles. The van der Waals surface area contributed by atoms with Gasteiger partial charge in [0.15, 0.2) is 5.58 Å². The second-order valence-corrected chi connectivity index (χ2v) is 4.00. The van der Waals surface area contributed by atoms with Gasteiger partial charge in [0.05, 0.1) is 0 Å². The van der Waals surface area contributed by atoms with E-state index in [2.05, 4.69) is 4.98 Å². The number of nitrogens with zero attached hydrogens (tertiary/aromatic N) is 2. The van der Waals surface area contributed by atoms with E-state index in [1.54, 1.807) is 6.07 Å². The van der Waals surface area contributed by atoms with Crippen molar-refractivity contribution >= 4 is 27.6 Å². The van der Waals surface area contributed by atoms with Crippen LogP contribution in [0.5, 0.6) is 0 Å². The Morgan fingerprint density at radius 1 is 1.47 bits per heavy atom. The van der Waals surface area contributed by atoms with E-state index in [-0.39, 0.29) is 5.56 Å². The van der Waals surface area contributed by atoms with Gasteiger partial charge >= 0.3 is 6.01 Å². The summed E-state index contributed by atoms with van der Waals surface area (Å²) in [5.41, 5.74) is 0.426. The number of hydrogen-bond donors (Lipinski definition) is 0. The molecule has 0 N–H and O–H groups in total. The molecule has 2 aromatic rings. The maximum absolute atomic E-state index is 11.6. The van der Waals surface area contributed by atoms with Crippen molar-refractivity contribution < 1.29 is 4.42 Å². The molecule has 2 heterocycles. The highest BCUT2D eigenvalue weighted by molar-refractivity contribution is 7.17. The van der Waals surface area contributed by atoms with Gasteiger partial charge in [0, 0.05) is 13.1 Å². The highest BCUT2D eigenvalue weighted by Crippen LogP contribution is 2.20. The van der Waals surface area contributed by atoms with Crippen LogP contribution < -0.4 is 10.5 Å². The number of anilines is 1. The van der Waals surface area contributed by atoms with Crippen LogP contribution in [0.3, 0.4) is 0 Å². The van der Waals surface area contributed by atoms with E-state index >= 15 is 0 Å². The predicted octanol–water partition coefficient (Wildman–Crippen LogP) is 2.10. The molecular formula is C10H12N2O2S. The summed E-state index contributed by atoms with van der Waals surface area (Å²) >= 11 is 1.36. The summed E-state index contributed by atoms with van der Waals surface area (Å²) in [7, 11) is 0. The van der Waals surface area contributed by atoms with Crippen molar-refractivity contribution in [2.24, 2.45) is 0 Å². The highest BCUT2D eigenvalue weighted by Gasteiger charge is 2.11. The van der Waals surface area contributed by atoms with Crippen molar-refractivity contribution in [1.82, 2.24) is 4.98 Å². The van der Waals surface area contributed by atoms with Crippen molar-refractivity contribution in [1.29, 1.82) is 0 Å². The second kappa shape index (κ2) is 4.02. The lowest BCUT2D eigenvalue weighted by Crippen LogP contribution is -2.25. The lowest BCUT2D eigenvalue weighted by Gasteiger charge is -2.16. The predicted molar refractivity (Wildman–Crippen MR) is 61.7 cm³/mol. The summed E-state index contributed by atoms with van der Waals surface area (Å²) in [6, 6.07) is 2.21. The first-order chi connectivity index (χ1) is 7.26. The average Bonchev–Trinajstić information content (AvgIpc) is 2.68. The van der Waals surface area contributed by atoms with E-state index in [0.717, 1.165) is 13.1 Å². The fourth-order valence-corrected chi connectivity index (χ4v) is 2.12. The van der Waals surface area contributed by atoms with Crippen LogP contribution in [0.1, 0.15) is 13.8 Å². The monoisotopic (exact) mass is 224 g/mol. The van der Waals surface area contributed by atoms with Crippen LogP contribution in [-0.2, 0) is 0 Å². The lowest BCUT2D eigenvalue weighted by atomic mass is 10.5. The third-order valence-electron chi connectivity index (χ3n) is 2.26. The van der Waals surface area contributed by atoms with E-state index in [0.29, 0.717) is 16.3 Å². The average molecular weight is 224 g/mol. The maximum atomic E-state index is 11.6. The molecule has 4 nitrogen and oxygen atoms in total. The summed E-state index contributed by atoms with van der Waals surface area (Å²) in [6.07, 6.45) is 0. The lowest BCUT2D eigenvalue weighted by molar-refractivity contribution is 0.555. The SMILES string of the molecule is CCN(CC)c1nc(=O)c2sccc2o1. The van der Waals surface area contributed by atoms with Crippen LogP contribution in [-0.4, -0.2) is 18.1 Å². The number of thiophene rings is 1. The van der Waals surface area contributed by atoms with Crippen molar-refractivity contribution in [2.45, 2.75) is 13.8 Å². The van der Waals surface area contributed by atoms with E-state index in [1.807, 2.05) is 24.1 Å². The van der Waals surface area contributed by atoms with Crippen LogP contribution in [0, 0.1) is 0 Å². The summed E-state index contributed by atoms with van der Waals surface area (Å²) in [5, 5.41) is 1.84. The number of rotatable bonds is 3. The molecule has 2 aromatic heterocycles. The zero-order chi connectivity index (χ0) is 10.8. The molecule has 0 radical (unpaired) electrons. The van der Waals surface area contributed by atoms with Crippen LogP contribution in [0.4, 0.5) is 6.01 Å². The van der Waals surface area contributed by atoms with Crippen molar-refractivity contribution in [3.8, 4) is 0 Å². The van der Waals surface area contributed by atoms with Gasteiger partial charge in [-0.1, -0.05) is 0 Å². The van der Waals surface area contributed by atoms with E-state index in [4.69, 9.17) is 4.42 Å². The minimum Gasteiger partial charge on any atom is -0.424 e. The molecule has 0 spiro atoms. The van der Waals surface area contributed by atoms with Gasteiger partial charge in [-0.25, -0.2) is 0 Å². The molecule has 5 heteroatoms. The Labute approximate surface area is 91.2 Å². The number of aromatic nitrogens is 1. The molecule has 0 fully saturated rings. The van der Waals surface area contributed by atoms with E-state index < -0.39 is 0 Å². The number of fused-ring (bicyclic) bond motifs is 1. The van der Waals surface area contributed by atoms with Crippen LogP contribution in [0.25, 0.3) is 10.3 Å². The fourth-order valence-electron chi connectivity index (χ4n) is 1.42. The Bertz CT molecular complexity index is 513. The topological polar surface area (TPSA) is 46.3 Å². The Morgan fingerprint density at radius 2 is 2.20 bits per heavy atom. The van der Waals surface area contributed by atoms with Gasteiger partial charge < -0.3 is 9.32 Å². The molecule has 0 saturated heterocycles. The molecule has 0 aliphatic carbocycles. The van der Waals surface area contributed by atoms with E-state index in [1.165, 1.54) is 11.3 Å². The summed E-state index contributed by atoms with van der Waals surface area (Å²) in [6.45, 7) is 5.57. The van der Waals surface area contributed by atoms with Crippen LogP contribution >= 0.6 is 11.3 Å². The molecule has 80 valence electrons. The van der Waals surface area contributed by atoms with Crippen LogP contribution in [0.2, 0.25) is 0 Å². The zero-order valence-electron chi connectivity index (χ0n) is 8.69. The fraction of sp³-hybridized carbons (Fsp3) is 0.400. The van der Waals surface area contributed by atoms with Gasteiger partial charge in [0.1, 0.15) is 4.70 Å². The Balaban J connectivity index is 2.58. The first-order valence-corrected chi connectivity index (χ1v) is 5.77. The quantitative estimate of drug-likeness (QED) is 0.801. The minimum absolute atomic E-state index is 0.201. The number of hydrogen-bond acceptors (Lipinski definition) is 5. The van der Waals surface area contributed by atoms with Gasteiger partial charge in [-0.05, 0) is 25.3 Å².